The number of rotatable bonds is 7. The molecule has 7 nitrogen and oxygen atoms in total. The molecule has 0 radical (unpaired) electrons. The van der Waals surface area contributed by atoms with E-state index in [-0.39, 0.29) is 6.61 Å². The first-order valence-corrected chi connectivity index (χ1v) is 8.74. The van der Waals surface area contributed by atoms with Crippen molar-refractivity contribution >= 4 is 23.5 Å². The molecule has 3 amide bonds. The number of nitrogens with one attached hydrogen (secondary N) is 1. The molecule has 2 N–H and O–H groups in total. The maximum Gasteiger partial charge on any atom is 0.415 e. The molecule has 0 aliphatic heterocycles. The number of oxime groups is 1. The van der Waals surface area contributed by atoms with E-state index in [2.05, 4.69) is 17.1 Å². The van der Waals surface area contributed by atoms with Crippen LogP contribution in [0, 0.1) is 0 Å². The second-order valence-corrected chi connectivity index (χ2v) is 5.94. The number of alkyl carbamates (subject to hydrolysis) is 1. The molecule has 0 atom stereocenters. The molecule has 0 aromatic heterocycles. The van der Waals surface area contributed by atoms with Gasteiger partial charge >= 0.3 is 12.1 Å². The molecule has 0 aliphatic carbocycles. The summed E-state index contributed by atoms with van der Waals surface area (Å²) in [6.07, 6.45) is 1.19. The highest BCUT2D eigenvalue weighted by Crippen LogP contribution is 2.17. The summed E-state index contributed by atoms with van der Waals surface area (Å²) >= 11 is 0. The van der Waals surface area contributed by atoms with E-state index < -0.39 is 12.1 Å². The maximum atomic E-state index is 12.6. The first-order valence-electron chi connectivity index (χ1n) is 8.74. The van der Waals surface area contributed by atoms with Gasteiger partial charge in [-0.1, -0.05) is 60.3 Å². The van der Waals surface area contributed by atoms with Crippen LogP contribution in [-0.4, -0.2) is 36.2 Å². The Balaban J connectivity index is 2.18. The number of imide groups is 1. The van der Waals surface area contributed by atoms with Gasteiger partial charge in [0.15, 0.2) is 0 Å². The summed E-state index contributed by atoms with van der Waals surface area (Å²) in [6, 6.07) is 16.1. The molecule has 0 spiro atoms. The highest BCUT2D eigenvalue weighted by molar-refractivity contribution is 6.02. The summed E-state index contributed by atoms with van der Waals surface area (Å²) in [4.78, 5) is 25.8. The lowest BCUT2D eigenvalue weighted by Gasteiger charge is -2.23. The van der Waals surface area contributed by atoms with Crippen molar-refractivity contribution in [3.63, 3.8) is 0 Å². The van der Waals surface area contributed by atoms with Crippen LogP contribution in [0.25, 0.3) is 0 Å². The zero-order valence-electron chi connectivity index (χ0n) is 15.7. The van der Waals surface area contributed by atoms with Crippen molar-refractivity contribution in [3.05, 3.63) is 78.4 Å². The van der Waals surface area contributed by atoms with Gasteiger partial charge in [0.25, 0.3) is 0 Å². The standard InChI is InChI=1S/C21H23N3O4/c1-3-15-28-21(26)22-20(25)24(14-13-17-7-5-4-6-8-17)19-11-9-18(10-12-19)16(2)23-27/h3-12,27H,1,13-15H2,2H3,(H,22,25,26). The SMILES string of the molecule is C=CCOC(=O)NC(=O)N(CCc1ccccc1)c1ccc(C(C)=NO)cc1. The molecule has 2 aromatic rings. The van der Waals surface area contributed by atoms with Gasteiger partial charge in [0.05, 0.1) is 5.71 Å². The fraction of sp³-hybridized carbons (Fsp3) is 0.190. The van der Waals surface area contributed by atoms with E-state index in [0.717, 1.165) is 11.1 Å². The number of amides is 3. The summed E-state index contributed by atoms with van der Waals surface area (Å²) in [6.45, 7) is 5.50. The number of ether oxygens (including phenoxy) is 1. The van der Waals surface area contributed by atoms with Crippen molar-refractivity contribution in [1.82, 2.24) is 5.32 Å². The minimum Gasteiger partial charge on any atom is -0.445 e. The fourth-order valence-electron chi connectivity index (χ4n) is 2.50. The van der Waals surface area contributed by atoms with Crippen LogP contribution in [0.1, 0.15) is 18.1 Å². The van der Waals surface area contributed by atoms with Crippen LogP contribution in [0.15, 0.2) is 72.4 Å². The van der Waals surface area contributed by atoms with Crippen LogP contribution in [0.4, 0.5) is 15.3 Å². The van der Waals surface area contributed by atoms with Crippen LogP contribution in [0.5, 0.6) is 0 Å². The van der Waals surface area contributed by atoms with Gasteiger partial charge in [0.2, 0.25) is 0 Å². The van der Waals surface area contributed by atoms with Gasteiger partial charge in [-0.15, -0.1) is 0 Å². The molecule has 0 aliphatic rings. The average molecular weight is 381 g/mol. The predicted octanol–water partition coefficient (Wildman–Crippen LogP) is 3.97. The molecular weight excluding hydrogens is 358 g/mol. The summed E-state index contributed by atoms with van der Waals surface area (Å²) in [7, 11) is 0. The van der Waals surface area contributed by atoms with Crippen molar-refractivity contribution in [1.29, 1.82) is 0 Å². The molecule has 0 bridgehead atoms. The van der Waals surface area contributed by atoms with Crippen molar-refractivity contribution < 1.29 is 19.5 Å². The Bertz CT molecular complexity index is 832. The van der Waals surface area contributed by atoms with E-state index in [1.165, 1.54) is 11.0 Å². The van der Waals surface area contributed by atoms with Crippen molar-refractivity contribution in [3.8, 4) is 0 Å². The molecular formula is C21H23N3O4. The number of anilines is 1. The van der Waals surface area contributed by atoms with Gasteiger partial charge in [-0.3, -0.25) is 4.90 Å². The summed E-state index contributed by atoms with van der Waals surface area (Å²) in [5.41, 5.74) is 2.84. The molecule has 28 heavy (non-hydrogen) atoms. The minimum atomic E-state index is -0.838. The van der Waals surface area contributed by atoms with E-state index in [1.54, 1.807) is 31.2 Å². The van der Waals surface area contributed by atoms with Gasteiger partial charge < -0.3 is 9.94 Å². The van der Waals surface area contributed by atoms with E-state index in [4.69, 9.17) is 9.94 Å². The second-order valence-electron chi connectivity index (χ2n) is 5.94. The summed E-state index contributed by atoms with van der Waals surface area (Å²) in [5, 5.41) is 14.3. The third kappa shape index (κ3) is 5.98. The smallest absolute Gasteiger partial charge is 0.415 e. The average Bonchev–Trinajstić information content (AvgIpc) is 2.73. The lowest BCUT2D eigenvalue weighted by molar-refractivity contribution is 0.159. The van der Waals surface area contributed by atoms with E-state index >= 15 is 0 Å². The van der Waals surface area contributed by atoms with Crippen LogP contribution in [0.3, 0.4) is 0 Å². The van der Waals surface area contributed by atoms with E-state index in [1.807, 2.05) is 30.3 Å². The van der Waals surface area contributed by atoms with Crippen LogP contribution in [0.2, 0.25) is 0 Å². The molecule has 0 saturated heterocycles. The maximum absolute atomic E-state index is 12.6. The minimum absolute atomic E-state index is 0.0115. The Hall–Kier alpha value is -3.61. The quantitative estimate of drug-likeness (QED) is 0.329. The van der Waals surface area contributed by atoms with Crippen LogP contribution in [-0.2, 0) is 11.2 Å². The van der Waals surface area contributed by atoms with Gasteiger partial charge in [0.1, 0.15) is 6.61 Å². The Morgan fingerprint density at radius 3 is 2.46 bits per heavy atom. The normalized spacial score (nSPS) is 10.8. The second kappa shape index (κ2) is 10.5. The van der Waals surface area contributed by atoms with Gasteiger partial charge in [0, 0.05) is 12.2 Å². The van der Waals surface area contributed by atoms with E-state index in [0.29, 0.717) is 24.4 Å². The molecule has 0 unspecified atom stereocenters. The number of benzene rings is 2. The number of nitrogens with zero attached hydrogens (tertiary/aromatic N) is 2. The Kier molecular flexibility index (Phi) is 7.77. The summed E-state index contributed by atoms with van der Waals surface area (Å²) in [5.74, 6) is 0. The number of hydrogen-bond donors (Lipinski definition) is 2. The number of carbonyl (C=O) groups excluding carboxylic acids is 2. The van der Waals surface area contributed by atoms with Crippen LogP contribution < -0.4 is 10.2 Å². The largest absolute Gasteiger partial charge is 0.445 e. The van der Waals surface area contributed by atoms with Crippen LogP contribution >= 0.6 is 0 Å². The van der Waals surface area contributed by atoms with Gasteiger partial charge in [-0.05, 0) is 36.6 Å². The third-order valence-corrected chi connectivity index (χ3v) is 4.00. The third-order valence-electron chi connectivity index (χ3n) is 4.00. The molecule has 2 aromatic carbocycles. The Labute approximate surface area is 163 Å². The molecule has 146 valence electrons. The highest BCUT2D eigenvalue weighted by Gasteiger charge is 2.19. The lowest BCUT2D eigenvalue weighted by Crippen LogP contribution is -2.44. The number of hydrogen-bond acceptors (Lipinski definition) is 5. The van der Waals surface area contributed by atoms with Crippen molar-refractivity contribution in [2.45, 2.75) is 13.3 Å². The molecule has 0 fully saturated rings. The van der Waals surface area contributed by atoms with Crippen molar-refractivity contribution in [2.24, 2.45) is 5.16 Å². The molecule has 0 saturated carbocycles. The zero-order chi connectivity index (χ0) is 20.4. The lowest BCUT2D eigenvalue weighted by atomic mass is 10.1. The summed E-state index contributed by atoms with van der Waals surface area (Å²) < 4.78 is 4.82. The zero-order valence-corrected chi connectivity index (χ0v) is 15.7. The van der Waals surface area contributed by atoms with Crippen molar-refractivity contribution in [2.75, 3.05) is 18.1 Å². The molecule has 0 heterocycles. The first-order chi connectivity index (χ1) is 13.5. The number of carbonyl (C=O) groups is 2. The number of urea groups is 1. The van der Waals surface area contributed by atoms with E-state index in [9.17, 15) is 9.59 Å². The molecule has 7 heteroatoms. The van der Waals surface area contributed by atoms with Gasteiger partial charge in [-0.25, -0.2) is 14.9 Å². The monoisotopic (exact) mass is 381 g/mol. The Morgan fingerprint density at radius 1 is 1.18 bits per heavy atom. The Morgan fingerprint density at radius 2 is 1.86 bits per heavy atom. The topological polar surface area (TPSA) is 91.2 Å². The fourth-order valence-corrected chi connectivity index (χ4v) is 2.50. The first kappa shape index (κ1) is 20.7. The highest BCUT2D eigenvalue weighted by atomic mass is 16.5. The predicted molar refractivity (Wildman–Crippen MR) is 108 cm³/mol. The molecule has 2 rings (SSSR count). The van der Waals surface area contributed by atoms with Gasteiger partial charge in [-0.2, -0.15) is 0 Å².